The zero-order chi connectivity index (χ0) is 24.9. The van der Waals surface area contributed by atoms with Crippen molar-refractivity contribution in [2.75, 3.05) is 50.9 Å². The summed E-state index contributed by atoms with van der Waals surface area (Å²) in [4.78, 5) is 24.8. The summed E-state index contributed by atoms with van der Waals surface area (Å²) in [6.07, 6.45) is 2.13. The first kappa shape index (κ1) is 24.7. The number of hydrogen-bond donors (Lipinski definition) is 2. The Morgan fingerprint density at radius 2 is 1.94 bits per heavy atom. The second-order valence-corrected chi connectivity index (χ2v) is 9.08. The average Bonchev–Trinajstić information content (AvgIpc) is 3.15. The summed E-state index contributed by atoms with van der Waals surface area (Å²) in [7, 11) is 1.70. The van der Waals surface area contributed by atoms with Gasteiger partial charge < -0.3 is 20.7 Å². The maximum Gasteiger partial charge on any atom is 0.222 e. The molecule has 1 aliphatic rings. The number of amides is 1. The number of hydrogen-bond acceptors (Lipinski definition) is 8. The number of carbonyl (C=O) groups excluding carboxylic acids is 1. The molecular formula is C25H36N8O2. The van der Waals surface area contributed by atoms with Crippen LogP contribution in [-0.2, 0) is 17.9 Å². The van der Waals surface area contributed by atoms with Gasteiger partial charge in [-0.05, 0) is 25.0 Å². The largest absolute Gasteiger partial charge is 0.496 e. The third kappa shape index (κ3) is 5.64. The number of unbranched alkanes of at least 4 members (excludes halogenated alkanes) is 1. The van der Waals surface area contributed by atoms with Gasteiger partial charge in [-0.1, -0.05) is 25.5 Å². The van der Waals surface area contributed by atoms with Crippen LogP contribution in [0.4, 0.5) is 11.8 Å². The van der Waals surface area contributed by atoms with Crippen LogP contribution in [0, 0.1) is 6.92 Å². The molecule has 1 saturated heterocycles. The van der Waals surface area contributed by atoms with Crippen molar-refractivity contribution < 1.29 is 9.53 Å². The Bertz CT molecular complexity index is 1180. The molecular weight excluding hydrogens is 444 g/mol. The molecule has 0 atom stereocenters. The minimum Gasteiger partial charge on any atom is -0.496 e. The highest BCUT2D eigenvalue weighted by atomic mass is 16.5. The summed E-state index contributed by atoms with van der Waals surface area (Å²) < 4.78 is 7.69. The molecule has 3 heterocycles. The van der Waals surface area contributed by atoms with E-state index in [4.69, 9.17) is 15.6 Å². The molecule has 0 radical (unpaired) electrons. The highest BCUT2D eigenvalue weighted by molar-refractivity contribution is 5.88. The summed E-state index contributed by atoms with van der Waals surface area (Å²) in [5.41, 5.74) is 10.6. The summed E-state index contributed by atoms with van der Waals surface area (Å²) >= 11 is 0. The standard InChI is InChI=1S/C25H36N8O2/c1-5-6-9-27-24-23-22(28-25(26)29-24)17(2)30-33(23)16-20-8-7-19(14-21(20)35-4)15-31-10-12-32(13-11-31)18(3)34/h7-8,14H,5-6,9-13,15-16H2,1-4H3,(H3,26,27,28,29). The number of fused-ring (bicyclic) bond motifs is 1. The Balaban J connectivity index is 1.55. The van der Waals surface area contributed by atoms with Crippen LogP contribution in [0.25, 0.3) is 11.0 Å². The molecule has 2 aromatic heterocycles. The molecule has 35 heavy (non-hydrogen) atoms. The molecule has 0 spiro atoms. The molecule has 188 valence electrons. The average molecular weight is 481 g/mol. The molecule has 1 fully saturated rings. The molecule has 0 bridgehead atoms. The molecule has 3 aromatic rings. The van der Waals surface area contributed by atoms with E-state index in [1.54, 1.807) is 14.0 Å². The third-order valence-corrected chi connectivity index (χ3v) is 6.49. The van der Waals surface area contributed by atoms with Crippen molar-refractivity contribution in [3.05, 3.63) is 35.0 Å². The smallest absolute Gasteiger partial charge is 0.222 e. The van der Waals surface area contributed by atoms with Crippen LogP contribution in [0.1, 0.15) is 43.5 Å². The quantitative estimate of drug-likeness (QED) is 0.449. The molecule has 1 aromatic carbocycles. The van der Waals surface area contributed by atoms with Gasteiger partial charge in [0.25, 0.3) is 0 Å². The summed E-state index contributed by atoms with van der Waals surface area (Å²) in [6, 6.07) is 6.34. The lowest BCUT2D eigenvalue weighted by atomic mass is 10.1. The zero-order valence-corrected chi connectivity index (χ0v) is 21.2. The van der Waals surface area contributed by atoms with E-state index in [9.17, 15) is 4.79 Å². The van der Waals surface area contributed by atoms with Gasteiger partial charge in [0, 0.05) is 51.8 Å². The molecule has 1 amide bonds. The number of nitrogens with one attached hydrogen (secondary N) is 1. The van der Waals surface area contributed by atoms with Crippen LogP contribution in [0.3, 0.4) is 0 Å². The lowest BCUT2D eigenvalue weighted by Gasteiger charge is -2.34. The Kier molecular flexibility index (Phi) is 7.70. The third-order valence-electron chi connectivity index (χ3n) is 6.49. The molecule has 10 nitrogen and oxygen atoms in total. The molecule has 0 unspecified atom stereocenters. The highest BCUT2D eigenvalue weighted by Crippen LogP contribution is 2.28. The maximum absolute atomic E-state index is 11.6. The fourth-order valence-electron chi connectivity index (χ4n) is 4.53. The Hall–Kier alpha value is -3.40. The van der Waals surface area contributed by atoms with Gasteiger partial charge in [-0.3, -0.25) is 14.4 Å². The SMILES string of the molecule is CCCCNc1nc(N)nc2c(C)nn(Cc3ccc(CN4CCN(C(C)=O)CC4)cc3OC)c12. The van der Waals surface area contributed by atoms with Crippen molar-refractivity contribution in [1.29, 1.82) is 0 Å². The van der Waals surface area contributed by atoms with E-state index >= 15 is 0 Å². The molecule has 10 heteroatoms. The first-order valence-corrected chi connectivity index (χ1v) is 12.3. The molecule has 0 saturated carbocycles. The van der Waals surface area contributed by atoms with Gasteiger partial charge in [0.05, 0.1) is 19.3 Å². The molecule has 3 N–H and O–H groups in total. The van der Waals surface area contributed by atoms with E-state index in [0.717, 1.165) is 80.2 Å². The fourth-order valence-corrected chi connectivity index (χ4v) is 4.53. The van der Waals surface area contributed by atoms with Gasteiger partial charge in [-0.15, -0.1) is 0 Å². The fraction of sp³-hybridized carbons (Fsp3) is 0.520. The highest BCUT2D eigenvalue weighted by Gasteiger charge is 2.20. The van der Waals surface area contributed by atoms with Crippen LogP contribution in [-0.4, -0.2) is 75.3 Å². The summed E-state index contributed by atoms with van der Waals surface area (Å²) in [6.45, 7) is 11.2. The number of ether oxygens (including phenoxy) is 1. The minimum absolute atomic E-state index is 0.147. The van der Waals surface area contributed by atoms with Crippen LogP contribution in [0.5, 0.6) is 5.75 Å². The van der Waals surface area contributed by atoms with E-state index in [2.05, 4.69) is 45.3 Å². The van der Waals surface area contributed by atoms with Crippen molar-refractivity contribution >= 4 is 28.7 Å². The van der Waals surface area contributed by atoms with E-state index in [1.807, 2.05) is 16.5 Å². The van der Waals surface area contributed by atoms with Crippen LogP contribution < -0.4 is 15.8 Å². The van der Waals surface area contributed by atoms with Crippen molar-refractivity contribution in [2.24, 2.45) is 0 Å². The lowest BCUT2D eigenvalue weighted by molar-refractivity contribution is -0.130. The number of nitrogen functional groups attached to an aromatic ring is 1. The monoisotopic (exact) mass is 480 g/mol. The predicted molar refractivity (Wildman–Crippen MR) is 137 cm³/mol. The van der Waals surface area contributed by atoms with E-state index < -0.39 is 0 Å². The van der Waals surface area contributed by atoms with Gasteiger partial charge >= 0.3 is 0 Å². The van der Waals surface area contributed by atoms with Crippen LogP contribution in [0.2, 0.25) is 0 Å². The van der Waals surface area contributed by atoms with Crippen molar-refractivity contribution in [1.82, 2.24) is 29.5 Å². The van der Waals surface area contributed by atoms with Crippen LogP contribution >= 0.6 is 0 Å². The number of aryl methyl sites for hydroxylation is 1. The second kappa shape index (κ2) is 10.9. The number of aromatic nitrogens is 4. The lowest BCUT2D eigenvalue weighted by Crippen LogP contribution is -2.47. The maximum atomic E-state index is 11.6. The first-order chi connectivity index (χ1) is 16.9. The number of anilines is 2. The Morgan fingerprint density at radius 3 is 2.63 bits per heavy atom. The first-order valence-electron chi connectivity index (χ1n) is 12.3. The van der Waals surface area contributed by atoms with Gasteiger partial charge in [0.2, 0.25) is 11.9 Å². The number of piperazine rings is 1. The van der Waals surface area contributed by atoms with E-state index in [-0.39, 0.29) is 11.9 Å². The Morgan fingerprint density at radius 1 is 1.17 bits per heavy atom. The van der Waals surface area contributed by atoms with E-state index in [1.165, 1.54) is 5.56 Å². The van der Waals surface area contributed by atoms with Gasteiger partial charge in [-0.2, -0.15) is 10.1 Å². The topological polar surface area (TPSA) is 114 Å². The number of nitrogens with two attached hydrogens (primary N) is 1. The molecule has 4 rings (SSSR count). The number of nitrogens with zero attached hydrogens (tertiary/aromatic N) is 6. The van der Waals surface area contributed by atoms with Crippen molar-refractivity contribution in [3.8, 4) is 5.75 Å². The zero-order valence-electron chi connectivity index (χ0n) is 21.2. The molecule has 1 aliphatic heterocycles. The van der Waals surface area contributed by atoms with Crippen LogP contribution in [0.15, 0.2) is 18.2 Å². The van der Waals surface area contributed by atoms with E-state index in [0.29, 0.717) is 12.4 Å². The number of carbonyl (C=O) groups is 1. The number of benzene rings is 1. The number of rotatable bonds is 9. The molecule has 0 aliphatic carbocycles. The summed E-state index contributed by atoms with van der Waals surface area (Å²) in [5, 5.41) is 8.16. The van der Waals surface area contributed by atoms with Gasteiger partial charge in [0.1, 0.15) is 16.8 Å². The second-order valence-electron chi connectivity index (χ2n) is 9.08. The Labute approximate surface area is 206 Å². The van der Waals surface area contributed by atoms with Gasteiger partial charge in [-0.25, -0.2) is 4.98 Å². The minimum atomic E-state index is 0.147. The van der Waals surface area contributed by atoms with Crippen molar-refractivity contribution in [3.63, 3.8) is 0 Å². The normalized spacial score (nSPS) is 14.5. The van der Waals surface area contributed by atoms with Gasteiger partial charge in [0.15, 0.2) is 5.82 Å². The summed E-state index contributed by atoms with van der Waals surface area (Å²) in [5.74, 6) is 1.92. The predicted octanol–water partition coefficient (Wildman–Crippen LogP) is 2.65. The van der Waals surface area contributed by atoms with Crippen molar-refractivity contribution in [2.45, 2.75) is 46.7 Å². The number of methoxy groups -OCH3 is 1.